The number of nitrogens with one attached hydrogen (secondary N) is 3. The summed E-state index contributed by atoms with van der Waals surface area (Å²) in [5.74, 6) is -2.37. The summed E-state index contributed by atoms with van der Waals surface area (Å²) < 4.78 is -1.36. The highest BCUT2D eigenvalue weighted by molar-refractivity contribution is 6.53. The fraction of sp³-hybridized carbons (Fsp3) is 0.130. The van der Waals surface area contributed by atoms with Gasteiger partial charge < -0.3 is 5.32 Å². The summed E-state index contributed by atoms with van der Waals surface area (Å²) >= 11 is 31.1. The molecule has 0 aromatic heterocycles. The van der Waals surface area contributed by atoms with Gasteiger partial charge in [-0.05, 0) is 54.1 Å². The molecule has 36 heavy (non-hydrogen) atoms. The van der Waals surface area contributed by atoms with Crippen molar-refractivity contribution in [2.24, 2.45) is 5.92 Å². The Morgan fingerprint density at radius 2 is 1.50 bits per heavy atom. The summed E-state index contributed by atoms with van der Waals surface area (Å²) in [6.45, 7) is 0. The Labute approximate surface area is 229 Å². The standard InChI is InChI=1S/C23H15Cl5N4O4/c24-12-7-11(8-13(25)9-12)19-20(23(19,27)28)22(34)29-15-3-6-18(26)17(10-15)21(33)31-30-14-1-4-16(5-2-14)32(35)36/h1-10,19-20,30H,(H,29,34)(H,31,33)/t19-,20+/m0/s1. The van der Waals surface area contributed by atoms with Gasteiger partial charge in [0.2, 0.25) is 5.91 Å². The number of anilines is 2. The maximum absolute atomic E-state index is 13.0. The second-order valence-electron chi connectivity index (χ2n) is 7.90. The minimum absolute atomic E-state index is 0.0702. The first-order chi connectivity index (χ1) is 17.0. The number of non-ortho nitro benzene ring substituents is 1. The van der Waals surface area contributed by atoms with Gasteiger partial charge in [-0.25, -0.2) is 0 Å². The van der Waals surface area contributed by atoms with E-state index < -0.39 is 32.9 Å². The number of halogens is 5. The number of nitrogens with zero attached hydrogens (tertiary/aromatic N) is 1. The smallest absolute Gasteiger partial charge is 0.271 e. The Hall–Kier alpha value is -2.75. The summed E-state index contributed by atoms with van der Waals surface area (Å²) in [5, 5.41) is 14.4. The van der Waals surface area contributed by atoms with Crippen LogP contribution in [0, 0.1) is 16.0 Å². The molecule has 0 heterocycles. The quantitative estimate of drug-likeness (QED) is 0.159. The highest BCUT2D eigenvalue weighted by Gasteiger charge is 2.67. The lowest BCUT2D eigenvalue weighted by Gasteiger charge is -2.11. The van der Waals surface area contributed by atoms with Crippen LogP contribution in [0.2, 0.25) is 15.1 Å². The first kappa shape index (κ1) is 26.3. The number of nitro groups is 1. The summed E-state index contributed by atoms with van der Waals surface area (Å²) in [5.41, 5.74) is 6.41. The zero-order chi connectivity index (χ0) is 26.2. The van der Waals surface area contributed by atoms with Gasteiger partial charge in [-0.2, -0.15) is 0 Å². The normalized spacial score (nSPS) is 17.7. The van der Waals surface area contributed by atoms with Crippen LogP contribution in [0.1, 0.15) is 21.8 Å². The van der Waals surface area contributed by atoms with Gasteiger partial charge in [-0.1, -0.05) is 34.8 Å². The molecular formula is C23H15Cl5N4O4. The van der Waals surface area contributed by atoms with Gasteiger partial charge in [0, 0.05) is 33.8 Å². The Kier molecular flexibility index (Phi) is 7.54. The zero-order valence-electron chi connectivity index (χ0n) is 17.9. The number of hydrogen-bond acceptors (Lipinski definition) is 5. The minimum atomic E-state index is -1.36. The number of carbonyl (C=O) groups excluding carboxylic acids is 2. The van der Waals surface area contributed by atoms with E-state index in [9.17, 15) is 19.7 Å². The van der Waals surface area contributed by atoms with E-state index in [4.69, 9.17) is 58.0 Å². The summed E-state index contributed by atoms with van der Waals surface area (Å²) in [7, 11) is 0. The number of benzene rings is 3. The van der Waals surface area contributed by atoms with Crippen molar-refractivity contribution in [2.75, 3.05) is 10.7 Å². The van der Waals surface area contributed by atoms with Gasteiger partial charge in [-0.15, -0.1) is 23.2 Å². The number of alkyl halides is 2. The lowest BCUT2D eigenvalue weighted by Crippen LogP contribution is -2.29. The molecule has 3 aromatic rings. The van der Waals surface area contributed by atoms with Crippen molar-refractivity contribution in [3.8, 4) is 0 Å². The number of rotatable bonds is 7. The van der Waals surface area contributed by atoms with E-state index in [1.807, 2.05) is 0 Å². The molecule has 1 fully saturated rings. The van der Waals surface area contributed by atoms with E-state index in [0.717, 1.165) is 0 Å². The Balaban J connectivity index is 1.44. The van der Waals surface area contributed by atoms with Crippen LogP contribution in [0.5, 0.6) is 0 Å². The van der Waals surface area contributed by atoms with Crippen LogP contribution in [-0.2, 0) is 4.79 Å². The molecular weight excluding hydrogens is 574 g/mol. The minimum Gasteiger partial charge on any atom is -0.326 e. The van der Waals surface area contributed by atoms with E-state index in [1.165, 1.54) is 42.5 Å². The second-order valence-corrected chi connectivity index (χ2v) is 10.6. The Bertz CT molecular complexity index is 1350. The molecule has 186 valence electrons. The van der Waals surface area contributed by atoms with Gasteiger partial charge >= 0.3 is 0 Å². The van der Waals surface area contributed by atoms with E-state index in [0.29, 0.717) is 27.0 Å². The predicted molar refractivity (Wildman–Crippen MR) is 141 cm³/mol. The molecule has 0 bridgehead atoms. The predicted octanol–water partition coefficient (Wildman–Crippen LogP) is 6.84. The van der Waals surface area contributed by atoms with Crippen LogP contribution in [0.3, 0.4) is 0 Å². The average molecular weight is 589 g/mol. The molecule has 0 aliphatic heterocycles. The van der Waals surface area contributed by atoms with Gasteiger partial charge in [-0.3, -0.25) is 30.6 Å². The van der Waals surface area contributed by atoms with Crippen LogP contribution >= 0.6 is 58.0 Å². The summed E-state index contributed by atoms with van der Waals surface area (Å²) in [6, 6.07) is 14.7. The third-order valence-corrected chi connectivity index (χ3v) is 7.16. The maximum Gasteiger partial charge on any atom is 0.271 e. The number of hydrogen-bond donors (Lipinski definition) is 3. The fourth-order valence-electron chi connectivity index (χ4n) is 3.68. The Morgan fingerprint density at radius 3 is 2.11 bits per heavy atom. The van der Waals surface area contributed by atoms with Crippen molar-refractivity contribution in [2.45, 2.75) is 10.3 Å². The maximum atomic E-state index is 13.0. The SMILES string of the molecule is O=C(NNc1ccc([N+](=O)[O-])cc1)c1cc(NC(=O)[C@H]2[C@H](c3cc(Cl)cc(Cl)c3)C2(Cl)Cl)ccc1Cl. The molecule has 1 aliphatic rings. The molecule has 3 N–H and O–H groups in total. The van der Waals surface area contributed by atoms with Crippen molar-refractivity contribution < 1.29 is 14.5 Å². The highest BCUT2D eigenvalue weighted by Crippen LogP contribution is 2.65. The van der Waals surface area contributed by atoms with Crippen molar-refractivity contribution in [1.82, 2.24) is 5.43 Å². The number of amides is 2. The summed E-state index contributed by atoms with van der Waals surface area (Å²) in [6.07, 6.45) is 0. The molecule has 8 nitrogen and oxygen atoms in total. The molecule has 1 aliphatic carbocycles. The molecule has 0 unspecified atom stereocenters. The van der Waals surface area contributed by atoms with Crippen molar-refractivity contribution in [3.05, 3.63) is 97.0 Å². The van der Waals surface area contributed by atoms with Gasteiger partial charge in [0.15, 0.2) is 0 Å². The first-order valence-electron chi connectivity index (χ1n) is 10.2. The van der Waals surface area contributed by atoms with Gasteiger partial charge in [0.25, 0.3) is 11.6 Å². The van der Waals surface area contributed by atoms with Gasteiger partial charge in [0.1, 0.15) is 4.33 Å². The number of hydrazine groups is 1. The molecule has 2 atom stereocenters. The first-order valence-corrected chi connectivity index (χ1v) is 12.1. The third-order valence-electron chi connectivity index (χ3n) is 5.46. The van der Waals surface area contributed by atoms with Crippen LogP contribution in [-0.4, -0.2) is 21.1 Å². The molecule has 3 aromatic carbocycles. The monoisotopic (exact) mass is 586 g/mol. The van der Waals surface area contributed by atoms with Crippen LogP contribution < -0.4 is 16.2 Å². The molecule has 0 saturated heterocycles. The zero-order valence-corrected chi connectivity index (χ0v) is 21.7. The molecule has 0 radical (unpaired) electrons. The van der Waals surface area contributed by atoms with E-state index in [-0.39, 0.29) is 16.3 Å². The molecule has 1 saturated carbocycles. The van der Waals surface area contributed by atoms with Crippen LogP contribution in [0.4, 0.5) is 17.1 Å². The van der Waals surface area contributed by atoms with Gasteiger partial charge in [0.05, 0.1) is 27.1 Å². The van der Waals surface area contributed by atoms with Crippen molar-refractivity contribution >= 4 is 86.9 Å². The van der Waals surface area contributed by atoms with Crippen LogP contribution in [0.25, 0.3) is 0 Å². The van der Waals surface area contributed by atoms with Crippen molar-refractivity contribution in [1.29, 1.82) is 0 Å². The molecule has 4 rings (SSSR count). The molecule has 0 spiro atoms. The largest absolute Gasteiger partial charge is 0.326 e. The Morgan fingerprint density at radius 1 is 0.889 bits per heavy atom. The average Bonchev–Trinajstić information content (AvgIpc) is 3.40. The van der Waals surface area contributed by atoms with E-state index in [1.54, 1.807) is 18.2 Å². The highest BCUT2D eigenvalue weighted by atomic mass is 35.5. The number of carbonyl (C=O) groups is 2. The van der Waals surface area contributed by atoms with Crippen molar-refractivity contribution in [3.63, 3.8) is 0 Å². The van der Waals surface area contributed by atoms with E-state index in [2.05, 4.69) is 16.2 Å². The summed E-state index contributed by atoms with van der Waals surface area (Å²) in [4.78, 5) is 35.8. The molecule has 2 amide bonds. The van der Waals surface area contributed by atoms with Crippen LogP contribution in [0.15, 0.2) is 60.7 Å². The van der Waals surface area contributed by atoms with E-state index >= 15 is 0 Å². The number of nitro benzene ring substituents is 1. The second kappa shape index (κ2) is 10.3. The third kappa shape index (κ3) is 5.63. The fourth-order valence-corrected chi connectivity index (χ4v) is 5.26. The lowest BCUT2D eigenvalue weighted by atomic mass is 10.1. The topological polar surface area (TPSA) is 113 Å². The lowest BCUT2D eigenvalue weighted by molar-refractivity contribution is -0.384. The molecule has 13 heteroatoms.